The van der Waals surface area contributed by atoms with E-state index in [9.17, 15) is 9.59 Å². The Morgan fingerprint density at radius 2 is 1.83 bits per heavy atom. The van der Waals surface area contributed by atoms with Gasteiger partial charge in [0.25, 0.3) is 0 Å². The highest BCUT2D eigenvalue weighted by Gasteiger charge is 2.18. The Labute approximate surface area is 122 Å². The number of primary amides is 1. The van der Waals surface area contributed by atoms with E-state index in [2.05, 4.69) is 21.2 Å². The number of halogens is 3. The van der Waals surface area contributed by atoms with Gasteiger partial charge in [-0.2, -0.15) is 0 Å². The largest absolute Gasteiger partial charge is 0.370 e. The smallest absolute Gasteiger partial charge is 0.241 e. The van der Waals surface area contributed by atoms with Gasteiger partial charge in [-0.1, -0.05) is 39.1 Å². The van der Waals surface area contributed by atoms with Crippen molar-refractivity contribution in [3.05, 3.63) is 26.7 Å². The summed E-state index contributed by atoms with van der Waals surface area (Å²) in [5, 5.41) is 2.97. The highest BCUT2D eigenvalue weighted by molar-refractivity contribution is 9.10. The summed E-state index contributed by atoms with van der Waals surface area (Å²) in [7, 11) is 0. The molecule has 0 heterocycles. The van der Waals surface area contributed by atoms with Gasteiger partial charge in [0.05, 0.1) is 28.2 Å². The standard InChI is InChI=1S/C10H10BrCl2N3O2/c11-4-1-5(12)9(6(13)2-4)16-10(18)7(14)3-8(15)17/h1-2,7H,3,14H2,(H2,15,17)(H,16,18). The molecule has 0 saturated carbocycles. The van der Waals surface area contributed by atoms with Crippen LogP contribution in [0.15, 0.2) is 16.6 Å². The van der Waals surface area contributed by atoms with Crippen molar-refractivity contribution in [3.8, 4) is 0 Å². The third-order valence-electron chi connectivity index (χ3n) is 2.01. The Balaban J connectivity index is 2.85. The lowest BCUT2D eigenvalue weighted by atomic mass is 10.2. The first-order valence-corrected chi connectivity index (χ1v) is 6.35. The maximum atomic E-state index is 11.7. The Hall–Kier alpha value is -0.820. The number of carbonyl (C=O) groups is 2. The number of carbonyl (C=O) groups excluding carboxylic acids is 2. The van der Waals surface area contributed by atoms with Crippen LogP contribution in [0.2, 0.25) is 10.0 Å². The summed E-state index contributed by atoms with van der Waals surface area (Å²) in [6.07, 6.45) is -0.252. The average molecular weight is 355 g/mol. The molecule has 0 fully saturated rings. The number of anilines is 1. The van der Waals surface area contributed by atoms with Gasteiger partial charge < -0.3 is 16.8 Å². The topological polar surface area (TPSA) is 98.2 Å². The molecule has 1 aromatic carbocycles. The fourth-order valence-corrected chi connectivity index (χ4v) is 2.49. The molecule has 0 aliphatic heterocycles. The van der Waals surface area contributed by atoms with Crippen molar-refractivity contribution >= 4 is 56.6 Å². The summed E-state index contributed by atoms with van der Waals surface area (Å²) >= 11 is 15.1. The van der Waals surface area contributed by atoms with Crippen LogP contribution in [0.5, 0.6) is 0 Å². The molecule has 8 heteroatoms. The van der Waals surface area contributed by atoms with Crippen molar-refractivity contribution in [2.75, 3.05) is 5.32 Å². The van der Waals surface area contributed by atoms with E-state index in [1.54, 1.807) is 12.1 Å². The zero-order chi connectivity index (χ0) is 13.9. The number of hydrogen-bond acceptors (Lipinski definition) is 3. The van der Waals surface area contributed by atoms with Crippen molar-refractivity contribution in [1.29, 1.82) is 0 Å². The van der Waals surface area contributed by atoms with E-state index in [0.717, 1.165) is 0 Å². The molecule has 0 aliphatic carbocycles. The predicted molar refractivity (Wildman–Crippen MR) is 74.6 cm³/mol. The minimum Gasteiger partial charge on any atom is -0.370 e. The molecular weight excluding hydrogens is 345 g/mol. The third-order valence-corrected chi connectivity index (χ3v) is 3.07. The van der Waals surface area contributed by atoms with Crippen LogP contribution < -0.4 is 16.8 Å². The Morgan fingerprint density at radius 1 is 1.33 bits per heavy atom. The molecule has 0 aliphatic rings. The van der Waals surface area contributed by atoms with E-state index in [1.165, 1.54) is 0 Å². The summed E-state index contributed by atoms with van der Waals surface area (Å²) in [6.45, 7) is 0. The van der Waals surface area contributed by atoms with Gasteiger partial charge in [0, 0.05) is 4.47 Å². The summed E-state index contributed by atoms with van der Waals surface area (Å²) in [4.78, 5) is 22.3. The van der Waals surface area contributed by atoms with E-state index in [1.807, 2.05) is 0 Å². The molecule has 2 amide bonds. The second-order valence-electron chi connectivity index (χ2n) is 3.51. The van der Waals surface area contributed by atoms with Gasteiger partial charge in [-0.25, -0.2) is 0 Å². The lowest BCUT2D eigenvalue weighted by molar-refractivity contribution is -0.123. The van der Waals surface area contributed by atoms with Gasteiger partial charge >= 0.3 is 0 Å². The number of nitrogens with one attached hydrogen (secondary N) is 1. The third kappa shape index (κ3) is 4.13. The molecule has 1 rings (SSSR count). The first-order chi connectivity index (χ1) is 8.31. The quantitative estimate of drug-likeness (QED) is 0.769. The first-order valence-electron chi connectivity index (χ1n) is 4.80. The molecule has 5 nitrogen and oxygen atoms in total. The highest BCUT2D eigenvalue weighted by Crippen LogP contribution is 2.33. The van der Waals surface area contributed by atoms with Gasteiger partial charge in [0.2, 0.25) is 11.8 Å². The van der Waals surface area contributed by atoms with E-state index in [4.69, 9.17) is 34.7 Å². The second kappa shape index (κ2) is 6.38. The molecule has 0 saturated heterocycles. The van der Waals surface area contributed by atoms with Crippen molar-refractivity contribution < 1.29 is 9.59 Å². The van der Waals surface area contributed by atoms with Crippen LogP contribution in [0, 0.1) is 0 Å². The molecule has 0 spiro atoms. The minimum atomic E-state index is -1.04. The van der Waals surface area contributed by atoms with Gasteiger partial charge in [-0.05, 0) is 12.1 Å². The number of hydrogen-bond donors (Lipinski definition) is 3. The molecule has 1 aromatic rings. The molecule has 18 heavy (non-hydrogen) atoms. The summed E-state index contributed by atoms with van der Waals surface area (Å²) in [5.41, 5.74) is 10.7. The van der Waals surface area contributed by atoms with Crippen LogP contribution in [-0.2, 0) is 9.59 Å². The zero-order valence-corrected chi connectivity index (χ0v) is 12.1. The number of nitrogens with two attached hydrogens (primary N) is 2. The Kier molecular flexibility index (Phi) is 5.40. The van der Waals surface area contributed by atoms with Gasteiger partial charge in [-0.3, -0.25) is 9.59 Å². The summed E-state index contributed by atoms with van der Waals surface area (Å²) in [5.74, 6) is -1.24. The van der Waals surface area contributed by atoms with Crippen molar-refractivity contribution in [3.63, 3.8) is 0 Å². The van der Waals surface area contributed by atoms with Crippen molar-refractivity contribution in [2.45, 2.75) is 12.5 Å². The molecule has 0 bridgehead atoms. The van der Waals surface area contributed by atoms with Crippen molar-refractivity contribution in [1.82, 2.24) is 0 Å². The van der Waals surface area contributed by atoms with Crippen LogP contribution in [0.1, 0.15) is 6.42 Å². The monoisotopic (exact) mass is 353 g/mol. The van der Waals surface area contributed by atoms with E-state index in [-0.39, 0.29) is 22.2 Å². The molecule has 5 N–H and O–H groups in total. The maximum absolute atomic E-state index is 11.7. The van der Waals surface area contributed by atoms with E-state index < -0.39 is 17.9 Å². The molecule has 98 valence electrons. The van der Waals surface area contributed by atoms with E-state index in [0.29, 0.717) is 4.47 Å². The lowest BCUT2D eigenvalue weighted by Gasteiger charge is -2.13. The first kappa shape index (κ1) is 15.2. The summed E-state index contributed by atoms with van der Waals surface area (Å²) < 4.78 is 0.678. The fraction of sp³-hybridized carbons (Fsp3) is 0.200. The number of benzene rings is 1. The summed E-state index contributed by atoms with van der Waals surface area (Å²) in [6, 6.07) is 2.10. The Morgan fingerprint density at radius 3 is 2.28 bits per heavy atom. The highest BCUT2D eigenvalue weighted by atomic mass is 79.9. The average Bonchev–Trinajstić information content (AvgIpc) is 2.21. The molecular formula is C10H10BrCl2N3O2. The lowest BCUT2D eigenvalue weighted by Crippen LogP contribution is -2.39. The zero-order valence-electron chi connectivity index (χ0n) is 9.04. The molecule has 1 atom stereocenters. The van der Waals surface area contributed by atoms with Crippen LogP contribution in [-0.4, -0.2) is 17.9 Å². The predicted octanol–water partition coefficient (Wildman–Crippen LogP) is 1.90. The molecule has 0 radical (unpaired) electrons. The molecule has 0 aromatic heterocycles. The van der Waals surface area contributed by atoms with E-state index >= 15 is 0 Å². The fourth-order valence-electron chi connectivity index (χ4n) is 1.19. The minimum absolute atomic E-state index is 0.242. The maximum Gasteiger partial charge on any atom is 0.241 e. The second-order valence-corrected chi connectivity index (χ2v) is 5.24. The van der Waals surface area contributed by atoms with Crippen LogP contribution in [0.4, 0.5) is 5.69 Å². The van der Waals surface area contributed by atoms with Gasteiger partial charge in [0.15, 0.2) is 0 Å². The normalized spacial score (nSPS) is 12.0. The van der Waals surface area contributed by atoms with Crippen molar-refractivity contribution in [2.24, 2.45) is 11.5 Å². The Bertz CT molecular complexity index is 473. The molecule has 1 unspecified atom stereocenters. The van der Waals surface area contributed by atoms with Crippen LogP contribution >= 0.6 is 39.1 Å². The van der Waals surface area contributed by atoms with Gasteiger partial charge in [-0.15, -0.1) is 0 Å². The number of rotatable bonds is 4. The van der Waals surface area contributed by atoms with Gasteiger partial charge in [0.1, 0.15) is 0 Å². The van der Waals surface area contributed by atoms with Crippen LogP contribution in [0.25, 0.3) is 0 Å². The SMILES string of the molecule is NC(=O)CC(N)C(=O)Nc1c(Cl)cc(Br)cc1Cl. The van der Waals surface area contributed by atoms with Crippen LogP contribution in [0.3, 0.4) is 0 Å². The number of amides is 2.